The molecule has 0 aliphatic carbocycles. The van der Waals surface area contributed by atoms with E-state index < -0.39 is 0 Å². The van der Waals surface area contributed by atoms with Crippen molar-refractivity contribution in [1.82, 2.24) is 0 Å². The smallest absolute Gasteiger partial charge is 0.258 e. The fourth-order valence-electron chi connectivity index (χ4n) is 1.20. The second-order valence-electron chi connectivity index (χ2n) is 2.62. The molecule has 0 unspecified atom stereocenters. The molecule has 72 valence electrons. The van der Waals surface area contributed by atoms with Gasteiger partial charge < -0.3 is 0 Å². The Kier molecular flexibility index (Phi) is 2.93. The predicted molar refractivity (Wildman–Crippen MR) is 73.9 cm³/mol. The Labute approximate surface area is 111 Å². The Morgan fingerprint density at radius 3 is 2.71 bits per heavy atom. The van der Waals surface area contributed by atoms with Crippen molar-refractivity contribution in [2.45, 2.75) is 0 Å². The maximum atomic E-state index is 10.8. The minimum atomic E-state index is -0.309. The first-order valence-electron chi connectivity index (χ1n) is 3.61. The second kappa shape index (κ2) is 3.89. The molecule has 2 rings (SSSR count). The number of hydrogen-bond donors (Lipinski definition) is 0. The third-order valence-electron chi connectivity index (χ3n) is 1.77. The zero-order valence-electron chi connectivity index (χ0n) is 6.66. The molecule has 1 heterocycles. The van der Waals surface area contributed by atoms with Gasteiger partial charge in [-0.3, -0.25) is 10.1 Å². The lowest BCUT2D eigenvalue weighted by Crippen LogP contribution is -1.87. The van der Waals surface area contributed by atoms with Crippen LogP contribution in [0.15, 0.2) is 18.2 Å². The first-order chi connectivity index (χ1) is 6.59. The van der Waals surface area contributed by atoms with Gasteiger partial charge in [0.25, 0.3) is 0 Å². The molecule has 0 bridgehead atoms. The Morgan fingerprint density at radius 2 is 2.07 bits per heavy atom. The summed E-state index contributed by atoms with van der Waals surface area (Å²) in [4.78, 5) is 10.5. The van der Waals surface area contributed by atoms with Crippen LogP contribution >= 0.6 is 56.5 Å². The van der Waals surface area contributed by atoms with Crippen LogP contribution in [0, 0.1) is 16.6 Å². The van der Waals surface area contributed by atoms with Gasteiger partial charge in [0.1, 0.15) is 2.88 Å². The van der Waals surface area contributed by atoms with Crippen molar-refractivity contribution in [3.05, 3.63) is 34.8 Å². The predicted octanol–water partition coefficient (Wildman–Crippen LogP) is 4.02. The van der Waals surface area contributed by atoms with Crippen molar-refractivity contribution in [1.29, 1.82) is 0 Å². The first-order valence-corrected chi connectivity index (χ1v) is 6.59. The summed E-state index contributed by atoms with van der Waals surface area (Å²) in [6, 6.07) is 5.74. The van der Waals surface area contributed by atoms with Crippen LogP contribution in [0.2, 0.25) is 0 Å². The molecule has 0 atom stereocenters. The Hall–Kier alpha value is 0.0400. The van der Waals surface area contributed by atoms with Gasteiger partial charge in [0.05, 0.1) is 10.3 Å². The standard InChI is InChI=1S/C8H3I2NO2S/c9-4-1-2-6-5(3-4)7(11(12)13)8(10)14-6/h1-3H. The van der Waals surface area contributed by atoms with Gasteiger partial charge in [0.15, 0.2) is 0 Å². The van der Waals surface area contributed by atoms with Gasteiger partial charge in [-0.15, -0.1) is 11.3 Å². The average Bonchev–Trinajstić information content (AvgIpc) is 2.40. The van der Waals surface area contributed by atoms with Gasteiger partial charge in [0.2, 0.25) is 0 Å². The lowest BCUT2D eigenvalue weighted by atomic mass is 10.2. The van der Waals surface area contributed by atoms with E-state index in [1.54, 1.807) is 0 Å². The Balaban J connectivity index is 2.86. The number of nitro groups is 1. The highest BCUT2D eigenvalue weighted by Gasteiger charge is 2.20. The lowest BCUT2D eigenvalue weighted by molar-refractivity contribution is -0.383. The molecule has 2 aromatic rings. The van der Waals surface area contributed by atoms with Crippen molar-refractivity contribution in [2.75, 3.05) is 0 Å². The number of hydrogen-bond acceptors (Lipinski definition) is 3. The van der Waals surface area contributed by atoms with E-state index in [1.807, 2.05) is 40.8 Å². The summed E-state index contributed by atoms with van der Waals surface area (Å²) in [6.07, 6.45) is 0. The third kappa shape index (κ3) is 1.74. The highest BCUT2D eigenvalue weighted by atomic mass is 127. The minimum absolute atomic E-state index is 0.240. The number of thiophene rings is 1. The van der Waals surface area contributed by atoms with Gasteiger partial charge in [-0.2, -0.15) is 0 Å². The normalized spacial score (nSPS) is 10.7. The summed E-state index contributed by atoms with van der Waals surface area (Å²) in [5.41, 5.74) is 0.240. The quantitative estimate of drug-likeness (QED) is 0.389. The molecule has 6 heteroatoms. The van der Waals surface area contributed by atoms with E-state index in [9.17, 15) is 10.1 Å². The average molecular weight is 431 g/mol. The van der Waals surface area contributed by atoms with Crippen LogP contribution in [0.25, 0.3) is 10.1 Å². The highest BCUT2D eigenvalue weighted by Crippen LogP contribution is 2.38. The molecule has 0 N–H and O–H groups in total. The van der Waals surface area contributed by atoms with Crippen LogP contribution in [0.3, 0.4) is 0 Å². The van der Waals surface area contributed by atoms with Crippen LogP contribution < -0.4 is 0 Å². The molecule has 0 spiro atoms. The van der Waals surface area contributed by atoms with Crippen molar-refractivity contribution in [2.24, 2.45) is 0 Å². The van der Waals surface area contributed by atoms with E-state index in [-0.39, 0.29) is 10.6 Å². The Morgan fingerprint density at radius 1 is 1.36 bits per heavy atom. The molecule has 0 aliphatic rings. The van der Waals surface area contributed by atoms with Gasteiger partial charge >= 0.3 is 5.69 Å². The highest BCUT2D eigenvalue weighted by molar-refractivity contribution is 14.1. The van der Waals surface area contributed by atoms with Gasteiger partial charge in [0, 0.05) is 8.27 Å². The molecule has 0 saturated carbocycles. The van der Waals surface area contributed by atoms with Gasteiger partial charge in [-0.1, -0.05) is 0 Å². The molecule has 14 heavy (non-hydrogen) atoms. The number of rotatable bonds is 1. The topological polar surface area (TPSA) is 43.1 Å². The number of nitrogens with zero attached hydrogens (tertiary/aromatic N) is 1. The van der Waals surface area contributed by atoms with Crippen LogP contribution in [0.5, 0.6) is 0 Å². The first kappa shape index (κ1) is 10.6. The van der Waals surface area contributed by atoms with Crippen LogP contribution in [-0.4, -0.2) is 4.92 Å². The van der Waals surface area contributed by atoms with Gasteiger partial charge in [-0.05, 0) is 63.4 Å². The second-order valence-corrected chi connectivity index (χ2v) is 6.73. The zero-order valence-corrected chi connectivity index (χ0v) is 11.8. The SMILES string of the molecule is O=[N+]([O-])c1c(I)sc2ccc(I)cc12. The number of halogens is 2. The summed E-state index contributed by atoms with van der Waals surface area (Å²) < 4.78 is 2.73. The number of benzene rings is 1. The molecular formula is C8H3I2NO2S. The maximum absolute atomic E-state index is 10.8. The zero-order chi connectivity index (χ0) is 10.3. The maximum Gasteiger partial charge on any atom is 0.301 e. The molecule has 1 aromatic heterocycles. The molecule has 0 fully saturated rings. The van der Waals surface area contributed by atoms with Crippen LogP contribution in [0.1, 0.15) is 0 Å². The van der Waals surface area contributed by atoms with Crippen LogP contribution in [0.4, 0.5) is 5.69 Å². The van der Waals surface area contributed by atoms with Crippen molar-refractivity contribution in [3.8, 4) is 0 Å². The molecule has 0 saturated heterocycles. The molecule has 3 nitrogen and oxygen atoms in total. The third-order valence-corrected chi connectivity index (χ3v) is 4.56. The van der Waals surface area contributed by atoms with Gasteiger partial charge in [-0.25, -0.2) is 0 Å². The molecule has 1 aromatic carbocycles. The minimum Gasteiger partial charge on any atom is -0.258 e. The largest absolute Gasteiger partial charge is 0.301 e. The van der Waals surface area contributed by atoms with E-state index >= 15 is 0 Å². The van der Waals surface area contributed by atoms with E-state index in [2.05, 4.69) is 22.6 Å². The summed E-state index contributed by atoms with van der Waals surface area (Å²) in [6.45, 7) is 0. The summed E-state index contributed by atoms with van der Waals surface area (Å²) >= 11 is 5.63. The molecule has 0 aliphatic heterocycles. The van der Waals surface area contributed by atoms with Crippen molar-refractivity contribution >= 4 is 72.3 Å². The van der Waals surface area contributed by atoms with E-state index in [1.165, 1.54) is 11.3 Å². The molecule has 0 amide bonds. The fourth-order valence-corrected chi connectivity index (χ4v) is 3.76. The van der Waals surface area contributed by atoms with E-state index in [0.717, 1.165) is 16.5 Å². The van der Waals surface area contributed by atoms with E-state index in [0.29, 0.717) is 0 Å². The summed E-state index contributed by atoms with van der Waals surface area (Å²) in [5, 5.41) is 11.6. The number of fused-ring (bicyclic) bond motifs is 1. The lowest BCUT2D eigenvalue weighted by Gasteiger charge is -1.91. The Bertz CT molecular complexity index is 523. The van der Waals surface area contributed by atoms with Crippen molar-refractivity contribution < 1.29 is 4.92 Å². The molecule has 0 radical (unpaired) electrons. The molecular weight excluding hydrogens is 428 g/mol. The monoisotopic (exact) mass is 431 g/mol. The fraction of sp³-hybridized carbons (Fsp3) is 0. The van der Waals surface area contributed by atoms with Crippen LogP contribution in [-0.2, 0) is 0 Å². The van der Waals surface area contributed by atoms with E-state index in [4.69, 9.17) is 0 Å². The van der Waals surface area contributed by atoms with Crippen molar-refractivity contribution in [3.63, 3.8) is 0 Å². The summed E-state index contributed by atoms with van der Waals surface area (Å²) in [5.74, 6) is 0. The summed E-state index contributed by atoms with van der Waals surface area (Å²) in [7, 11) is 0.